The molecule has 4 rings (SSSR count). The second kappa shape index (κ2) is 3.47. The SMILES string of the molecule is c1ccc2c3c(ccc2c1)N[C@@H]1CCCN1C3. The number of fused-ring (bicyclic) bond motifs is 4. The standard InChI is InChI=1S/C15H16N2/c1-2-5-12-11(4-1)7-8-14-13(12)10-17-9-3-6-15(17)16-14/h1-2,4-5,7-8,15-16H,3,6,9-10H2/t15-/m0/s1. The molecule has 2 aliphatic rings. The van der Waals surface area contributed by atoms with Crippen LogP contribution in [0.5, 0.6) is 0 Å². The van der Waals surface area contributed by atoms with Gasteiger partial charge in [-0.25, -0.2) is 0 Å². The molecule has 86 valence electrons. The number of benzene rings is 2. The number of nitrogens with one attached hydrogen (secondary N) is 1. The van der Waals surface area contributed by atoms with Gasteiger partial charge >= 0.3 is 0 Å². The predicted molar refractivity (Wildman–Crippen MR) is 71.0 cm³/mol. The normalized spacial score (nSPS) is 23.2. The molecule has 1 atom stereocenters. The third kappa shape index (κ3) is 1.37. The molecule has 0 bridgehead atoms. The van der Waals surface area contributed by atoms with Crippen molar-refractivity contribution in [3.63, 3.8) is 0 Å². The van der Waals surface area contributed by atoms with Gasteiger partial charge in [0, 0.05) is 18.8 Å². The summed E-state index contributed by atoms with van der Waals surface area (Å²) in [6, 6.07) is 13.2. The molecule has 1 N–H and O–H groups in total. The van der Waals surface area contributed by atoms with Gasteiger partial charge in [-0.2, -0.15) is 0 Å². The van der Waals surface area contributed by atoms with Gasteiger partial charge in [0.1, 0.15) is 0 Å². The summed E-state index contributed by atoms with van der Waals surface area (Å²) in [4.78, 5) is 2.56. The smallest absolute Gasteiger partial charge is 0.0796 e. The number of hydrogen-bond acceptors (Lipinski definition) is 2. The van der Waals surface area contributed by atoms with Gasteiger partial charge in [-0.15, -0.1) is 0 Å². The highest BCUT2D eigenvalue weighted by Crippen LogP contribution is 2.35. The molecule has 1 saturated heterocycles. The van der Waals surface area contributed by atoms with Crippen molar-refractivity contribution in [3.05, 3.63) is 42.0 Å². The minimum Gasteiger partial charge on any atom is -0.369 e. The molecule has 0 aliphatic carbocycles. The van der Waals surface area contributed by atoms with Crippen LogP contribution in [0, 0.1) is 0 Å². The molecular formula is C15H16N2. The first-order valence-electron chi connectivity index (χ1n) is 6.43. The molecule has 2 heteroatoms. The summed E-state index contributed by atoms with van der Waals surface area (Å²) in [5.41, 5.74) is 2.81. The molecule has 2 aliphatic heterocycles. The average molecular weight is 224 g/mol. The van der Waals surface area contributed by atoms with E-state index in [4.69, 9.17) is 0 Å². The molecule has 1 fully saturated rings. The summed E-state index contributed by atoms with van der Waals surface area (Å²) in [7, 11) is 0. The van der Waals surface area contributed by atoms with Crippen LogP contribution in [0.3, 0.4) is 0 Å². The van der Waals surface area contributed by atoms with Crippen molar-refractivity contribution in [2.75, 3.05) is 11.9 Å². The molecule has 0 unspecified atom stereocenters. The largest absolute Gasteiger partial charge is 0.369 e. The van der Waals surface area contributed by atoms with Crippen molar-refractivity contribution in [2.45, 2.75) is 25.6 Å². The second-order valence-corrected chi connectivity index (χ2v) is 5.09. The lowest BCUT2D eigenvalue weighted by atomic mass is 10.0. The third-order valence-electron chi connectivity index (χ3n) is 4.09. The van der Waals surface area contributed by atoms with Crippen LogP contribution in [0.2, 0.25) is 0 Å². The highest BCUT2D eigenvalue weighted by molar-refractivity contribution is 5.90. The van der Waals surface area contributed by atoms with E-state index in [-0.39, 0.29) is 0 Å². The fourth-order valence-electron chi connectivity index (χ4n) is 3.20. The number of anilines is 1. The van der Waals surface area contributed by atoms with Gasteiger partial charge in [0.2, 0.25) is 0 Å². The number of rotatable bonds is 0. The minimum absolute atomic E-state index is 0.573. The van der Waals surface area contributed by atoms with Gasteiger partial charge in [-0.1, -0.05) is 30.3 Å². The molecule has 2 nitrogen and oxygen atoms in total. The molecule has 0 saturated carbocycles. The van der Waals surface area contributed by atoms with Crippen molar-refractivity contribution in [3.8, 4) is 0 Å². The first-order chi connectivity index (χ1) is 8.42. The van der Waals surface area contributed by atoms with E-state index in [0.717, 1.165) is 6.54 Å². The zero-order valence-electron chi connectivity index (χ0n) is 9.82. The first-order valence-corrected chi connectivity index (χ1v) is 6.43. The van der Waals surface area contributed by atoms with E-state index in [1.54, 1.807) is 0 Å². The Morgan fingerprint density at radius 1 is 1.12 bits per heavy atom. The van der Waals surface area contributed by atoms with Crippen LogP contribution in [0.15, 0.2) is 36.4 Å². The van der Waals surface area contributed by atoms with Crippen LogP contribution in [-0.2, 0) is 6.54 Å². The quantitative estimate of drug-likeness (QED) is 0.739. The molecule has 2 heterocycles. The van der Waals surface area contributed by atoms with Gasteiger partial charge < -0.3 is 5.32 Å². The fraction of sp³-hybridized carbons (Fsp3) is 0.333. The summed E-state index contributed by atoms with van der Waals surface area (Å²) < 4.78 is 0. The molecule has 0 amide bonds. The Bertz CT molecular complexity index is 576. The van der Waals surface area contributed by atoms with Crippen molar-refractivity contribution in [1.29, 1.82) is 0 Å². The monoisotopic (exact) mass is 224 g/mol. The van der Waals surface area contributed by atoms with Crippen molar-refractivity contribution >= 4 is 16.5 Å². The van der Waals surface area contributed by atoms with Crippen LogP contribution < -0.4 is 5.32 Å². The van der Waals surface area contributed by atoms with E-state index in [2.05, 4.69) is 46.6 Å². The maximum atomic E-state index is 3.68. The average Bonchev–Trinajstić information content (AvgIpc) is 2.83. The topological polar surface area (TPSA) is 15.3 Å². The van der Waals surface area contributed by atoms with E-state index in [1.165, 1.54) is 41.4 Å². The summed E-state index contributed by atoms with van der Waals surface area (Å²) in [5.74, 6) is 0. The number of hydrogen-bond donors (Lipinski definition) is 1. The van der Waals surface area contributed by atoms with E-state index in [0.29, 0.717) is 6.17 Å². The Morgan fingerprint density at radius 3 is 3.06 bits per heavy atom. The second-order valence-electron chi connectivity index (χ2n) is 5.09. The summed E-state index contributed by atoms with van der Waals surface area (Å²) in [6.07, 6.45) is 3.18. The lowest BCUT2D eigenvalue weighted by molar-refractivity contribution is 0.258. The maximum Gasteiger partial charge on any atom is 0.0796 e. The Labute approximate surface area is 101 Å². The van der Waals surface area contributed by atoms with Crippen LogP contribution >= 0.6 is 0 Å². The van der Waals surface area contributed by atoms with E-state index in [9.17, 15) is 0 Å². The Balaban J connectivity index is 1.91. The summed E-state index contributed by atoms with van der Waals surface area (Å²) in [6.45, 7) is 2.34. The van der Waals surface area contributed by atoms with Crippen molar-refractivity contribution < 1.29 is 0 Å². The molecule has 2 aromatic carbocycles. The summed E-state index contributed by atoms with van der Waals surface area (Å²) in [5, 5.41) is 6.43. The van der Waals surface area contributed by atoms with Crippen LogP contribution in [0.1, 0.15) is 18.4 Å². The predicted octanol–water partition coefficient (Wildman–Crippen LogP) is 3.19. The van der Waals surface area contributed by atoms with Crippen LogP contribution in [0.4, 0.5) is 5.69 Å². The van der Waals surface area contributed by atoms with E-state index in [1.807, 2.05) is 0 Å². The highest BCUT2D eigenvalue weighted by Gasteiger charge is 2.29. The van der Waals surface area contributed by atoms with Crippen LogP contribution in [-0.4, -0.2) is 17.6 Å². The Morgan fingerprint density at radius 2 is 2.06 bits per heavy atom. The van der Waals surface area contributed by atoms with Crippen molar-refractivity contribution in [1.82, 2.24) is 4.90 Å². The molecule has 0 radical (unpaired) electrons. The maximum absolute atomic E-state index is 3.68. The fourth-order valence-corrected chi connectivity index (χ4v) is 3.20. The highest BCUT2D eigenvalue weighted by atomic mass is 15.3. The summed E-state index contributed by atoms with van der Waals surface area (Å²) >= 11 is 0. The third-order valence-corrected chi connectivity index (χ3v) is 4.09. The number of nitrogens with zero attached hydrogens (tertiary/aromatic N) is 1. The van der Waals surface area contributed by atoms with Gasteiger partial charge in [0.05, 0.1) is 6.17 Å². The Kier molecular flexibility index (Phi) is 1.94. The lowest BCUT2D eigenvalue weighted by Gasteiger charge is -2.33. The zero-order chi connectivity index (χ0) is 11.2. The van der Waals surface area contributed by atoms with Crippen LogP contribution in [0.25, 0.3) is 10.8 Å². The van der Waals surface area contributed by atoms with E-state index >= 15 is 0 Å². The molecule has 17 heavy (non-hydrogen) atoms. The van der Waals surface area contributed by atoms with Crippen molar-refractivity contribution in [2.24, 2.45) is 0 Å². The molecular weight excluding hydrogens is 208 g/mol. The van der Waals surface area contributed by atoms with Gasteiger partial charge in [-0.05, 0) is 35.2 Å². The first kappa shape index (κ1) is 9.49. The molecule has 0 aromatic heterocycles. The zero-order valence-corrected chi connectivity index (χ0v) is 9.82. The van der Waals surface area contributed by atoms with Gasteiger partial charge in [0.15, 0.2) is 0 Å². The van der Waals surface area contributed by atoms with Gasteiger partial charge in [-0.3, -0.25) is 4.90 Å². The molecule has 0 spiro atoms. The van der Waals surface area contributed by atoms with Gasteiger partial charge in [0.25, 0.3) is 0 Å². The van der Waals surface area contributed by atoms with E-state index < -0.39 is 0 Å². The molecule has 2 aromatic rings. The lowest BCUT2D eigenvalue weighted by Crippen LogP contribution is -2.39. The minimum atomic E-state index is 0.573. The Hall–Kier alpha value is -1.54.